The number of nitrogens with one attached hydrogen (secondary N) is 1. The molecule has 0 bridgehead atoms. The minimum Gasteiger partial charge on any atom is -0.538 e. The highest BCUT2D eigenvalue weighted by molar-refractivity contribution is 14.1. The summed E-state index contributed by atoms with van der Waals surface area (Å²) in [6.45, 7) is 0. The molecule has 3 rings (SSSR count). The molecule has 8 heteroatoms. The molecule has 6 nitrogen and oxygen atoms in total. The van der Waals surface area contributed by atoms with E-state index in [1.807, 2.05) is 42.5 Å². The Balaban J connectivity index is 1.67. The third kappa shape index (κ3) is 4.06. The van der Waals surface area contributed by atoms with E-state index in [1.165, 1.54) is 4.68 Å². The number of carbonyl (C=O) groups is 1. The second-order valence-corrected chi connectivity index (χ2v) is 6.97. The quantitative estimate of drug-likeness (QED) is 0.365. The third-order valence-corrected chi connectivity index (χ3v) is 4.78. The Morgan fingerprint density at radius 2 is 1.92 bits per heavy atom. The van der Waals surface area contributed by atoms with Crippen LogP contribution in [0.2, 0.25) is 0 Å². The highest BCUT2D eigenvalue weighted by Gasteiger charge is 2.21. The lowest BCUT2D eigenvalue weighted by Crippen LogP contribution is -2.35. The van der Waals surface area contributed by atoms with Crippen LogP contribution < -0.4 is 15.1 Å². The average molecular weight is 453 g/mol. The molecule has 0 atom stereocenters. The van der Waals surface area contributed by atoms with Crippen LogP contribution in [0.1, 0.15) is 0 Å². The summed E-state index contributed by atoms with van der Waals surface area (Å²) in [6.07, 6.45) is 0. The largest absolute Gasteiger partial charge is 0.538 e. The maximum Gasteiger partial charge on any atom is 0.298 e. The van der Waals surface area contributed by atoms with E-state index in [0.29, 0.717) is 11.4 Å². The van der Waals surface area contributed by atoms with Crippen molar-refractivity contribution in [2.24, 2.45) is 0 Å². The molecule has 0 unspecified atom stereocenters. The zero-order chi connectivity index (χ0) is 16.9. The predicted molar refractivity (Wildman–Crippen MR) is 96.0 cm³/mol. The first-order chi connectivity index (χ1) is 11.6. The number of amides is 1. The Hall–Kier alpha value is -2.07. The first-order valence-electron chi connectivity index (χ1n) is 6.96. The molecule has 0 spiro atoms. The van der Waals surface area contributed by atoms with Crippen LogP contribution in [0.15, 0.2) is 64.1 Å². The van der Waals surface area contributed by atoms with Gasteiger partial charge in [-0.3, -0.25) is 4.79 Å². The zero-order valence-electron chi connectivity index (χ0n) is 12.3. The third-order valence-electron chi connectivity index (χ3n) is 3.04. The van der Waals surface area contributed by atoms with Crippen LogP contribution >= 0.6 is 34.4 Å². The van der Waals surface area contributed by atoms with Gasteiger partial charge in [-0.15, -0.1) is 0 Å². The van der Waals surface area contributed by atoms with Crippen LogP contribution in [0.3, 0.4) is 0 Å². The first kappa shape index (κ1) is 16.8. The number of hydrogen-bond donors (Lipinski definition) is 1. The number of rotatable bonds is 5. The molecule has 24 heavy (non-hydrogen) atoms. The van der Waals surface area contributed by atoms with Crippen molar-refractivity contribution < 1.29 is 19.1 Å². The lowest BCUT2D eigenvalue weighted by molar-refractivity contribution is -0.705. The number of halogens is 1. The molecule has 1 amide bonds. The second kappa shape index (κ2) is 7.67. The minimum absolute atomic E-state index is 0.0786. The van der Waals surface area contributed by atoms with E-state index in [1.54, 1.807) is 12.1 Å². The van der Waals surface area contributed by atoms with Crippen molar-refractivity contribution in [3.8, 4) is 11.6 Å². The van der Waals surface area contributed by atoms with Crippen molar-refractivity contribution in [1.29, 1.82) is 0 Å². The lowest BCUT2D eigenvalue weighted by Gasteiger charge is -2.04. The molecule has 0 fully saturated rings. The Bertz CT molecular complexity index is 838. The van der Waals surface area contributed by atoms with Gasteiger partial charge in [0.25, 0.3) is 5.03 Å². The summed E-state index contributed by atoms with van der Waals surface area (Å²) in [5.41, 5.74) is 1.41. The maximum absolute atomic E-state index is 12.1. The van der Waals surface area contributed by atoms with Crippen molar-refractivity contribution >= 4 is 45.9 Å². The molecular formula is C16H12IN3O3S. The SMILES string of the molecule is O=C(CSc1c([O-])on[n+]1-c1ccccc1)Nc1ccc(I)cc1. The molecular weight excluding hydrogens is 441 g/mol. The highest BCUT2D eigenvalue weighted by Crippen LogP contribution is 2.23. The molecule has 0 aliphatic rings. The molecule has 1 aromatic heterocycles. The van der Waals surface area contributed by atoms with Gasteiger partial charge in [-0.05, 0) is 63.3 Å². The van der Waals surface area contributed by atoms with Gasteiger partial charge in [-0.25, -0.2) is 0 Å². The fraction of sp³-hybridized carbons (Fsp3) is 0.0625. The molecule has 0 aliphatic carbocycles. The van der Waals surface area contributed by atoms with Crippen molar-refractivity contribution in [2.45, 2.75) is 5.03 Å². The van der Waals surface area contributed by atoms with Crippen LogP contribution in [0, 0.1) is 3.57 Å². The monoisotopic (exact) mass is 453 g/mol. The minimum atomic E-state index is -0.564. The van der Waals surface area contributed by atoms with E-state index in [0.717, 1.165) is 15.3 Å². The second-order valence-electron chi connectivity index (χ2n) is 4.76. The molecule has 0 saturated heterocycles. The number of aromatic nitrogens is 2. The summed E-state index contributed by atoms with van der Waals surface area (Å²) >= 11 is 3.28. The van der Waals surface area contributed by atoms with Crippen LogP contribution in [0.25, 0.3) is 5.69 Å². The van der Waals surface area contributed by atoms with Crippen molar-refractivity contribution in [3.63, 3.8) is 0 Å². The smallest absolute Gasteiger partial charge is 0.298 e. The molecule has 0 saturated carbocycles. The molecule has 0 radical (unpaired) electrons. The number of anilines is 1. The van der Waals surface area contributed by atoms with E-state index >= 15 is 0 Å². The molecule has 1 heterocycles. The Labute approximate surface area is 156 Å². The van der Waals surface area contributed by atoms with Gasteiger partial charge in [0.2, 0.25) is 11.6 Å². The zero-order valence-corrected chi connectivity index (χ0v) is 15.3. The van der Waals surface area contributed by atoms with Gasteiger partial charge >= 0.3 is 0 Å². The first-order valence-corrected chi connectivity index (χ1v) is 9.02. The van der Waals surface area contributed by atoms with Crippen LogP contribution in [-0.4, -0.2) is 16.9 Å². The molecule has 2 aromatic carbocycles. The average Bonchev–Trinajstić information content (AvgIpc) is 2.97. The van der Waals surface area contributed by atoms with E-state index in [9.17, 15) is 9.90 Å². The van der Waals surface area contributed by atoms with E-state index < -0.39 is 5.95 Å². The van der Waals surface area contributed by atoms with Crippen LogP contribution in [-0.2, 0) is 4.79 Å². The van der Waals surface area contributed by atoms with Gasteiger partial charge in [0.15, 0.2) is 5.95 Å². The standard InChI is InChI=1S/C16H12IN3O3S/c17-11-6-8-12(9-7-11)18-14(21)10-24-15-16(22)23-19-20(15)13-4-2-1-3-5-13/h1-9H,10H2,(H-,18,19,21,22). The van der Waals surface area contributed by atoms with Crippen molar-refractivity contribution in [3.05, 3.63) is 58.2 Å². The Kier molecular flexibility index (Phi) is 5.36. The number of nitrogens with zero attached hydrogens (tertiary/aromatic N) is 2. The van der Waals surface area contributed by atoms with E-state index in [-0.39, 0.29) is 16.7 Å². The predicted octanol–water partition coefficient (Wildman–Crippen LogP) is 2.36. The number of carbonyl (C=O) groups excluding carboxylic acids is 1. The van der Waals surface area contributed by atoms with Crippen LogP contribution in [0.5, 0.6) is 5.95 Å². The topological polar surface area (TPSA) is 82.1 Å². The summed E-state index contributed by atoms with van der Waals surface area (Å²) in [4.78, 5) is 12.1. The number of benzene rings is 2. The normalized spacial score (nSPS) is 10.5. The fourth-order valence-corrected chi connectivity index (χ4v) is 3.07. The molecule has 1 N–H and O–H groups in total. The van der Waals surface area contributed by atoms with Gasteiger partial charge < -0.3 is 14.9 Å². The van der Waals surface area contributed by atoms with E-state index in [2.05, 4.69) is 33.2 Å². The Morgan fingerprint density at radius 3 is 2.62 bits per heavy atom. The van der Waals surface area contributed by atoms with Crippen LogP contribution in [0.4, 0.5) is 5.69 Å². The van der Waals surface area contributed by atoms with Gasteiger partial charge in [-0.2, -0.15) is 0 Å². The molecule has 0 aliphatic heterocycles. The van der Waals surface area contributed by atoms with Crippen molar-refractivity contribution in [2.75, 3.05) is 11.1 Å². The highest BCUT2D eigenvalue weighted by atomic mass is 127. The summed E-state index contributed by atoms with van der Waals surface area (Å²) in [5, 5.41) is 18.6. The summed E-state index contributed by atoms with van der Waals surface area (Å²) < 4.78 is 7.20. The summed E-state index contributed by atoms with van der Waals surface area (Å²) in [7, 11) is 0. The molecule has 122 valence electrons. The summed E-state index contributed by atoms with van der Waals surface area (Å²) in [5.74, 6) is -0.692. The van der Waals surface area contributed by atoms with Gasteiger partial charge in [0.05, 0.1) is 11.0 Å². The fourth-order valence-electron chi connectivity index (χ4n) is 1.96. The lowest BCUT2D eigenvalue weighted by atomic mass is 10.3. The number of hydrogen-bond acceptors (Lipinski definition) is 5. The van der Waals surface area contributed by atoms with Crippen molar-refractivity contribution in [1.82, 2.24) is 5.27 Å². The van der Waals surface area contributed by atoms with Gasteiger partial charge in [0, 0.05) is 21.4 Å². The summed E-state index contributed by atoms with van der Waals surface area (Å²) in [6, 6.07) is 16.6. The van der Waals surface area contributed by atoms with E-state index in [4.69, 9.17) is 4.52 Å². The molecule has 3 aromatic rings. The Morgan fingerprint density at radius 1 is 1.21 bits per heavy atom. The number of thioether (sulfide) groups is 1. The maximum atomic E-state index is 12.1. The van der Waals surface area contributed by atoms with Gasteiger partial charge in [-0.1, -0.05) is 18.2 Å². The van der Waals surface area contributed by atoms with Gasteiger partial charge in [0.1, 0.15) is 0 Å². The number of para-hydroxylation sites is 1.